The predicted molar refractivity (Wildman–Crippen MR) is 108 cm³/mol. The molecule has 0 aliphatic rings. The van der Waals surface area contributed by atoms with Crippen LogP contribution in [0.2, 0.25) is 0 Å². The Bertz CT molecular complexity index is 115. The van der Waals surface area contributed by atoms with Crippen molar-refractivity contribution in [3.8, 4) is 0 Å². The molecule has 5 heteroatoms. The third kappa shape index (κ3) is 44.9. The topological polar surface area (TPSA) is 0 Å². The fourth-order valence-corrected chi connectivity index (χ4v) is 3.91. The van der Waals surface area contributed by atoms with Gasteiger partial charge in [-0.1, -0.05) is 53.4 Å². The first-order chi connectivity index (χ1) is 10.2. The average molecular weight is 561 g/mol. The van der Waals surface area contributed by atoms with E-state index in [0.29, 0.717) is 0 Å². The van der Waals surface area contributed by atoms with Gasteiger partial charge in [-0.2, -0.15) is 0 Å². The molecule has 0 N–H and O–H groups in total. The molecule has 0 aromatic rings. The summed E-state index contributed by atoms with van der Waals surface area (Å²) in [7, 11) is 9.75. The maximum absolute atomic E-state index is 4.88. The van der Waals surface area contributed by atoms with Crippen LogP contribution >= 0.6 is 18.8 Å². The molecule has 0 radical (unpaired) electrons. The van der Waals surface area contributed by atoms with Crippen LogP contribution in [0.25, 0.3) is 0 Å². The summed E-state index contributed by atoms with van der Waals surface area (Å²) in [5.41, 5.74) is 0. The summed E-state index contributed by atoms with van der Waals surface area (Å²) < 4.78 is 0. The molecule has 0 saturated heterocycles. The van der Waals surface area contributed by atoms with Crippen LogP contribution in [-0.4, -0.2) is 23.0 Å². The standard InChI is InChI=1S/2C8H18S.2ClH.Pt/c2*1-3-5-7-9-8-6-4-2;;;/h2*3-8H2,1-2H3;2*1H;/q;;;;+2. The summed E-state index contributed by atoms with van der Waals surface area (Å²) >= 11 is 2.88. The van der Waals surface area contributed by atoms with Gasteiger partial charge in [0.25, 0.3) is 0 Å². The summed E-state index contributed by atoms with van der Waals surface area (Å²) in [5, 5.41) is 0. The minimum absolute atomic E-state index is 0.472. The molecule has 0 aliphatic heterocycles. The molecule has 0 rings (SSSR count). The number of halogens is 2. The van der Waals surface area contributed by atoms with E-state index in [1.165, 1.54) is 74.4 Å². The van der Waals surface area contributed by atoms with Gasteiger partial charge in [-0.05, 0) is 49.2 Å². The van der Waals surface area contributed by atoms with Crippen molar-refractivity contribution in [2.75, 3.05) is 23.0 Å². The van der Waals surface area contributed by atoms with Gasteiger partial charge < -0.3 is 0 Å². The summed E-state index contributed by atoms with van der Waals surface area (Å²) in [4.78, 5) is 0. The second kappa shape index (κ2) is 33.5. The van der Waals surface area contributed by atoms with E-state index in [1.54, 1.807) is 23.5 Å². The van der Waals surface area contributed by atoms with Gasteiger partial charge in [0.1, 0.15) is 23.0 Å². The van der Waals surface area contributed by atoms with E-state index in [1.807, 2.05) is 0 Å². The number of thiol groups is 2. The zero-order valence-corrected chi connectivity index (χ0v) is 20.0. The van der Waals surface area contributed by atoms with E-state index in [-0.39, 0.29) is 0 Å². The van der Waals surface area contributed by atoms with Crippen molar-refractivity contribution >= 4 is 42.4 Å². The van der Waals surface area contributed by atoms with Crippen LogP contribution in [0.5, 0.6) is 0 Å². The van der Waals surface area contributed by atoms with Gasteiger partial charge in [-0.3, -0.25) is 0 Å². The molecule has 0 spiro atoms. The van der Waals surface area contributed by atoms with E-state index in [2.05, 4.69) is 27.7 Å². The van der Waals surface area contributed by atoms with E-state index >= 15 is 0 Å². The Balaban J connectivity index is -0.000000260. The summed E-state index contributed by atoms with van der Waals surface area (Å²) in [6, 6.07) is 0. The molecule has 0 atom stereocenters. The van der Waals surface area contributed by atoms with Crippen LogP contribution in [0, 0.1) is 0 Å². The minimum atomic E-state index is -0.472. The second-order valence-electron chi connectivity index (χ2n) is 4.80. The molecule has 136 valence electrons. The molecule has 0 aromatic heterocycles. The Morgan fingerprint density at radius 1 is 0.571 bits per heavy atom. The molecule has 0 aliphatic carbocycles. The van der Waals surface area contributed by atoms with Crippen molar-refractivity contribution in [3.63, 3.8) is 0 Å². The quantitative estimate of drug-likeness (QED) is 0.152. The molecule has 0 saturated carbocycles. The molecular formula is C16H38Cl2PtS2+2. The van der Waals surface area contributed by atoms with Crippen LogP contribution in [0.3, 0.4) is 0 Å². The Kier molecular flexibility index (Phi) is 44.4. The molecule has 0 nitrogen and oxygen atoms in total. The first-order valence-corrected chi connectivity index (χ1v) is 16.5. The van der Waals surface area contributed by atoms with Crippen molar-refractivity contribution in [2.24, 2.45) is 0 Å². The Morgan fingerprint density at radius 3 is 0.905 bits per heavy atom. The number of unbranched alkanes of at least 4 members (excludes halogenated alkanes) is 4. The molecule has 0 heterocycles. The molecule has 0 amide bonds. The second-order valence-corrected chi connectivity index (χ2v) is 10.8. The van der Waals surface area contributed by atoms with Crippen molar-refractivity contribution in [1.82, 2.24) is 0 Å². The summed E-state index contributed by atoms with van der Waals surface area (Å²) in [6.07, 6.45) is 11.1. The van der Waals surface area contributed by atoms with Gasteiger partial charge >= 0.3 is 35.3 Å². The normalized spacial score (nSPS) is 9.62. The van der Waals surface area contributed by atoms with Crippen molar-refractivity contribution in [2.45, 2.75) is 79.1 Å². The van der Waals surface area contributed by atoms with Crippen LogP contribution in [-0.2, 0) is 40.0 Å². The summed E-state index contributed by atoms with van der Waals surface area (Å²) in [6.45, 7) is 9.04. The van der Waals surface area contributed by atoms with Gasteiger partial charge in [-0.15, -0.1) is 0 Å². The third-order valence-electron chi connectivity index (χ3n) is 2.68. The monoisotopic (exact) mass is 559 g/mol. The van der Waals surface area contributed by atoms with Gasteiger partial charge in [0.15, 0.2) is 0 Å². The fourth-order valence-electron chi connectivity index (χ4n) is 1.30. The van der Waals surface area contributed by atoms with Crippen molar-refractivity contribution < 1.29 is 16.5 Å². The van der Waals surface area contributed by atoms with Crippen molar-refractivity contribution in [3.05, 3.63) is 0 Å². The molecule has 0 aromatic carbocycles. The average Bonchev–Trinajstić information content (AvgIpc) is 2.49. The van der Waals surface area contributed by atoms with Crippen molar-refractivity contribution in [1.29, 1.82) is 0 Å². The number of rotatable bonds is 12. The Morgan fingerprint density at radius 2 is 0.762 bits per heavy atom. The van der Waals surface area contributed by atoms with Crippen LogP contribution < -0.4 is 0 Å². The maximum atomic E-state index is 4.88. The zero-order valence-electron chi connectivity index (χ0n) is 14.5. The number of hydrogen-bond donors (Lipinski definition) is 0. The predicted octanol–water partition coefficient (Wildman–Crippen LogP) is 6.18. The van der Waals surface area contributed by atoms with Crippen LogP contribution in [0.15, 0.2) is 0 Å². The van der Waals surface area contributed by atoms with Gasteiger partial charge in [-0.25, -0.2) is 0 Å². The first kappa shape index (κ1) is 27.8. The Hall–Kier alpha value is 1.97. The SMILES string of the molecule is CCCC[SH+]CCCC.CCCC[SH+]CCCC.[Cl][Pt][Cl]. The van der Waals surface area contributed by atoms with Gasteiger partial charge in [0, 0.05) is 0 Å². The summed E-state index contributed by atoms with van der Waals surface area (Å²) in [5.74, 6) is 5.71. The van der Waals surface area contributed by atoms with Gasteiger partial charge in [0.2, 0.25) is 0 Å². The molecule has 0 unspecified atom stereocenters. The Labute approximate surface area is 160 Å². The third-order valence-corrected chi connectivity index (χ3v) is 5.21. The van der Waals surface area contributed by atoms with Crippen LogP contribution in [0.1, 0.15) is 79.1 Å². The van der Waals surface area contributed by atoms with E-state index in [0.717, 1.165) is 0 Å². The molecule has 0 fully saturated rings. The van der Waals surface area contributed by atoms with Gasteiger partial charge in [0.05, 0.1) is 0 Å². The molecular weight excluding hydrogens is 522 g/mol. The van der Waals surface area contributed by atoms with E-state index in [4.69, 9.17) is 18.8 Å². The van der Waals surface area contributed by atoms with E-state index < -0.39 is 16.5 Å². The first-order valence-electron chi connectivity index (χ1n) is 8.33. The van der Waals surface area contributed by atoms with E-state index in [9.17, 15) is 0 Å². The fraction of sp³-hybridized carbons (Fsp3) is 1.00. The molecule has 0 bridgehead atoms. The molecule has 21 heavy (non-hydrogen) atoms. The zero-order chi connectivity index (χ0) is 16.6. The number of hydrogen-bond acceptors (Lipinski definition) is 0. The van der Waals surface area contributed by atoms with Crippen LogP contribution in [0.4, 0.5) is 0 Å².